The van der Waals surface area contributed by atoms with Crippen molar-refractivity contribution in [2.24, 2.45) is 17.8 Å². The summed E-state index contributed by atoms with van der Waals surface area (Å²) in [6.45, 7) is 0. The standard InChI is InChI=1S/C18H24N2O4S/c1-20(2)25(23,24)16-8-4-7-15(11-16)19-18(22)14-9-12-5-3-6-13(10-14)17(12)21/h4,7-8,11-14H,3,5-6,9-10H2,1-2H3,(H,19,22)/t12-,13+,14?. The molecule has 0 heterocycles. The van der Waals surface area contributed by atoms with Crippen molar-refractivity contribution in [3.8, 4) is 0 Å². The van der Waals surface area contributed by atoms with E-state index in [-0.39, 0.29) is 28.6 Å². The number of hydrogen-bond acceptors (Lipinski definition) is 4. The van der Waals surface area contributed by atoms with E-state index in [2.05, 4.69) is 5.32 Å². The molecule has 1 aromatic carbocycles. The number of fused-ring (bicyclic) bond motifs is 2. The normalized spacial score (nSPS) is 26.5. The Bertz CT molecular complexity index is 772. The van der Waals surface area contributed by atoms with Crippen molar-refractivity contribution in [2.75, 3.05) is 19.4 Å². The van der Waals surface area contributed by atoms with Crippen molar-refractivity contribution < 1.29 is 18.0 Å². The van der Waals surface area contributed by atoms with Crippen molar-refractivity contribution in [1.82, 2.24) is 4.31 Å². The fourth-order valence-corrected chi connectivity index (χ4v) is 4.83. The van der Waals surface area contributed by atoms with Crippen LogP contribution < -0.4 is 5.32 Å². The van der Waals surface area contributed by atoms with Crippen LogP contribution in [0.15, 0.2) is 29.2 Å². The zero-order chi connectivity index (χ0) is 18.2. The van der Waals surface area contributed by atoms with Crippen LogP contribution in [0.5, 0.6) is 0 Å². The summed E-state index contributed by atoms with van der Waals surface area (Å²) in [5, 5.41) is 2.83. The van der Waals surface area contributed by atoms with Crippen molar-refractivity contribution in [3.63, 3.8) is 0 Å². The van der Waals surface area contributed by atoms with E-state index in [4.69, 9.17) is 0 Å². The summed E-state index contributed by atoms with van der Waals surface area (Å²) in [6.07, 6.45) is 4.05. The maximum absolute atomic E-state index is 12.6. The van der Waals surface area contributed by atoms with Crippen LogP contribution >= 0.6 is 0 Å². The number of rotatable bonds is 4. The molecule has 1 aromatic rings. The number of Topliss-reactive ketones (excluding diaryl/α,β-unsaturated/α-hetero) is 1. The number of carbonyl (C=O) groups is 2. The largest absolute Gasteiger partial charge is 0.326 e. The summed E-state index contributed by atoms with van der Waals surface area (Å²) in [7, 11) is -0.601. The zero-order valence-corrected chi connectivity index (χ0v) is 15.4. The number of nitrogens with zero attached hydrogens (tertiary/aromatic N) is 1. The first-order chi connectivity index (χ1) is 11.8. The van der Waals surface area contributed by atoms with Gasteiger partial charge >= 0.3 is 0 Å². The molecule has 2 aliphatic rings. The van der Waals surface area contributed by atoms with Gasteiger partial charge in [0, 0.05) is 37.5 Å². The fraction of sp³-hybridized carbons (Fsp3) is 0.556. The molecule has 0 aliphatic heterocycles. The third-order valence-corrected chi connectivity index (χ3v) is 7.11. The second-order valence-electron chi connectivity index (χ2n) is 7.20. The van der Waals surface area contributed by atoms with E-state index in [0.717, 1.165) is 23.6 Å². The highest BCUT2D eigenvalue weighted by Gasteiger charge is 2.41. The topological polar surface area (TPSA) is 83.6 Å². The number of carbonyl (C=O) groups excluding carboxylic acids is 2. The second-order valence-corrected chi connectivity index (χ2v) is 9.35. The maximum Gasteiger partial charge on any atom is 0.242 e. The van der Waals surface area contributed by atoms with E-state index in [1.807, 2.05) is 0 Å². The Balaban J connectivity index is 1.73. The minimum Gasteiger partial charge on any atom is -0.326 e. The van der Waals surface area contributed by atoms with Crippen LogP contribution in [0.3, 0.4) is 0 Å². The van der Waals surface area contributed by atoms with Gasteiger partial charge in [-0.2, -0.15) is 0 Å². The van der Waals surface area contributed by atoms with Gasteiger partial charge in [0.1, 0.15) is 5.78 Å². The average Bonchev–Trinajstić information content (AvgIpc) is 2.54. The van der Waals surface area contributed by atoms with Crippen molar-refractivity contribution in [3.05, 3.63) is 24.3 Å². The number of ketones is 1. The van der Waals surface area contributed by atoms with Crippen LogP contribution in [-0.2, 0) is 19.6 Å². The van der Waals surface area contributed by atoms with E-state index in [1.165, 1.54) is 26.2 Å². The SMILES string of the molecule is CN(C)S(=O)(=O)c1cccc(NC(=O)C2C[C@H]3CCC[C@@H](C2)C3=O)c1. The summed E-state index contributed by atoms with van der Waals surface area (Å²) >= 11 is 0. The summed E-state index contributed by atoms with van der Waals surface area (Å²) in [6, 6.07) is 6.28. The smallest absolute Gasteiger partial charge is 0.242 e. The zero-order valence-electron chi connectivity index (χ0n) is 14.6. The van der Waals surface area contributed by atoms with Gasteiger partial charge in [0.15, 0.2) is 0 Å². The number of hydrogen-bond donors (Lipinski definition) is 1. The van der Waals surface area contributed by atoms with Crippen LogP contribution in [0, 0.1) is 17.8 Å². The van der Waals surface area contributed by atoms with E-state index < -0.39 is 10.0 Å². The van der Waals surface area contributed by atoms with E-state index in [0.29, 0.717) is 24.3 Å². The monoisotopic (exact) mass is 364 g/mol. The first-order valence-corrected chi connectivity index (χ1v) is 10.1. The van der Waals surface area contributed by atoms with Gasteiger partial charge in [0.2, 0.25) is 15.9 Å². The summed E-state index contributed by atoms with van der Waals surface area (Å²) in [5.74, 6) is 0.0627. The van der Waals surface area contributed by atoms with E-state index >= 15 is 0 Å². The Labute approximate surface area is 148 Å². The van der Waals surface area contributed by atoms with Crippen LogP contribution in [0.25, 0.3) is 0 Å². The van der Waals surface area contributed by atoms with Gasteiger partial charge in [-0.15, -0.1) is 0 Å². The highest BCUT2D eigenvalue weighted by Crippen LogP contribution is 2.40. The molecule has 2 saturated carbocycles. The van der Waals surface area contributed by atoms with Crippen molar-refractivity contribution in [1.29, 1.82) is 0 Å². The third-order valence-electron chi connectivity index (χ3n) is 5.30. The lowest BCUT2D eigenvalue weighted by Crippen LogP contribution is -2.40. The molecule has 7 heteroatoms. The molecule has 1 unspecified atom stereocenters. The Hall–Kier alpha value is -1.73. The molecule has 3 rings (SSSR count). The van der Waals surface area contributed by atoms with Crippen molar-refractivity contribution >= 4 is 27.4 Å². The third kappa shape index (κ3) is 3.62. The lowest BCUT2D eigenvalue weighted by Gasteiger charge is -2.36. The fourth-order valence-electron chi connectivity index (χ4n) is 3.88. The molecule has 25 heavy (non-hydrogen) atoms. The molecule has 0 saturated heterocycles. The van der Waals surface area contributed by atoms with Crippen LogP contribution in [-0.4, -0.2) is 38.5 Å². The van der Waals surface area contributed by atoms with Gasteiger partial charge in [0.05, 0.1) is 4.90 Å². The molecule has 0 aromatic heterocycles. The highest BCUT2D eigenvalue weighted by molar-refractivity contribution is 7.89. The number of benzene rings is 1. The molecule has 1 N–H and O–H groups in total. The molecule has 2 fully saturated rings. The molecule has 2 bridgehead atoms. The first kappa shape index (κ1) is 18.1. The van der Waals surface area contributed by atoms with Crippen LogP contribution in [0.1, 0.15) is 32.1 Å². The van der Waals surface area contributed by atoms with E-state index in [9.17, 15) is 18.0 Å². The molecule has 0 spiro atoms. The quantitative estimate of drug-likeness (QED) is 0.888. The molecule has 2 aliphatic carbocycles. The lowest BCUT2D eigenvalue weighted by molar-refractivity contribution is -0.136. The molecule has 3 atom stereocenters. The van der Waals surface area contributed by atoms with Gasteiger partial charge in [-0.25, -0.2) is 12.7 Å². The Morgan fingerprint density at radius 1 is 1.16 bits per heavy atom. The minimum atomic E-state index is -3.54. The predicted molar refractivity (Wildman–Crippen MR) is 94.5 cm³/mol. The molecule has 6 nitrogen and oxygen atoms in total. The maximum atomic E-state index is 12.6. The van der Waals surface area contributed by atoms with E-state index in [1.54, 1.807) is 12.1 Å². The Morgan fingerprint density at radius 2 is 1.80 bits per heavy atom. The van der Waals surface area contributed by atoms with Gasteiger partial charge in [-0.3, -0.25) is 9.59 Å². The Morgan fingerprint density at radius 3 is 2.40 bits per heavy atom. The summed E-state index contributed by atoms with van der Waals surface area (Å²) in [4.78, 5) is 24.9. The Kier molecular flexibility index (Phi) is 4.97. The van der Waals surface area contributed by atoms with Crippen LogP contribution in [0.2, 0.25) is 0 Å². The van der Waals surface area contributed by atoms with Gasteiger partial charge in [-0.05, 0) is 43.9 Å². The summed E-state index contributed by atoms with van der Waals surface area (Å²) < 4.78 is 25.6. The summed E-state index contributed by atoms with van der Waals surface area (Å²) in [5.41, 5.74) is 0.468. The average molecular weight is 364 g/mol. The molecular formula is C18H24N2O4S. The van der Waals surface area contributed by atoms with Gasteiger partial charge in [-0.1, -0.05) is 12.5 Å². The number of sulfonamides is 1. The van der Waals surface area contributed by atoms with Gasteiger partial charge in [0.25, 0.3) is 0 Å². The van der Waals surface area contributed by atoms with Crippen LogP contribution in [0.4, 0.5) is 5.69 Å². The predicted octanol–water partition coefficient (Wildman–Crippen LogP) is 2.27. The number of nitrogens with one attached hydrogen (secondary N) is 1. The lowest BCUT2D eigenvalue weighted by atomic mass is 9.67. The first-order valence-electron chi connectivity index (χ1n) is 8.66. The van der Waals surface area contributed by atoms with Crippen molar-refractivity contribution in [2.45, 2.75) is 37.0 Å². The molecule has 0 radical (unpaired) electrons. The number of anilines is 1. The molecular weight excluding hydrogens is 340 g/mol. The number of amides is 1. The molecule has 1 amide bonds. The molecule has 136 valence electrons. The van der Waals surface area contributed by atoms with Gasteiger partial charge < -0.3 is 5.32 Å². The minimum absolute atomic E-state index is 0.0173. The second kappa shape index (κ2) is 6.88. The highest BCUT2D eigenvalue weighted by atomic mass is 32.2.